The first-order valence-electron chi connectivity index (χ1n) is 6.98. The Bertz CT molecular complexity index is 286. The standard InChI is InChI=1S/C15H25NO2/c1-3-5-7-9-13-10-11-14(13)16-15(17)18-12-8-6-4-2/h4,7,9,13-14H,2-3,5-6,8,10-12H2,1H3,(H,16,17). The highest BCUT2D eigenvalue weighted by atomic mass is 16.5. The number of hydrogen-bond donors (Lipinski definition) is 1. The number of rotatable bonds is 8. The average molecular weight is 251 g/mol. The summed E-state index contributed by atoms with van der Waals surface area (Å²) in [5, 5.41) is 2.93. The van der Waals surface area contributed by atoms with Crippen molar-refractivity contribution in [3.8, 4) is 0 Å². The number of amides is 1. The van der Waals surface area contributed by atoms with Gasteiger partial charge >= 0.3 is 6.09 Å². The maximum Gasteiger partial charge on any atom is 0.407 e. The predicted octanol–water partition coefficient (Wildman–Crippen LogP) is 3.81. The molecule has 1 aliphatic carbocycles. The van der Waals surface area contributed by atoms with Crippen LogP contribution in [0, 0.1) is 5.92 Å². The molecule has 1 N–H and O–H groups in total. The molecular formula is C15H25NO2. The Kier molecular flexibility index (Phi) is 7.23. The van der Waals surface area contributed by atoms with E-state index in [0.717, 1.165) is 25.7 Å². The van der Waals surface area contributed by atoms with Gasteiger partial charge in [0.05, 0.1) is 6.61 Å². The van der Waals surface area contributed by atoms with Crippen LogP contribution in [-0.2, 0) is 4.74 Å². The van der Waals surface area contributed by atoms with Crippen molar-refractivity contribution in [2.75, 3.05) is 6.61 Å². The lowest BCUT2D eigenvalue weighted by Crippen LogP contribution is -2.46. The molecule has 1 fully saturated rings. The van der Waals surface area contributed by atoms with Gasteiger partial charge in [-0.25, -0.2) is 4.79 Å². The van der Waals surface area contributed by atoms with Crippen LogP contribution in [-0.4, -0.2) is 18.7 Å². The molecule has 1 saturated carbocycles. The highest BCUT2D eigenvalue weighted by molar-refractivity contribution is 5.67. The summed E-state index contributed by atoms with van der Waals surface area (Å²) in [6.07, 6.45) is 12.3. The SMILES string of the molecule is C=CCCCOC(=O)NC1CCC1C=CCCC. The number of carbonyl (C=O) groups excluding carboxylic acids is 1. The molecule has 0 aromatic heterocycles. The number of allylic oxidation sites excluding steroid dienone is 2. The lowest BCUT2D eigenvalue weighted by atomic mass is 9.79. The number of hydrogen-bond acceptors (Lipinski definition) is 2. The molecule has 1 rings (SSSR count). The fraction of sp³-hybridized carbons (Fsp3) is 0.667. The number of carbonyl (C=O) groups is 1. The summed E-state index contributed by atoms with van der Waals surface area (Å²) in [6, 6.07) is 0.269. The molecule has 0 spiro atoms. The first-order chi connectivity index (χ1) is 8.77. The zero-order valence-corrected chi connectivity index (χ0v) is 11.4. The largest absolute Gasteiger partial charge is 0.450 e. The second kappa shape index (κ2) is 8.78. The van der Waals surface area contributed by atoms with E-state index in [9.17, 15) is 4.79 Å². The maximum atomic E-state index is 11.5. The van der Waals surface area contributed by atoms with Gasteiger partial charge < -0.3 is 10.1 Å². The third-order valence-electron chi connectivity index (χ3n) is 3.26. The van der Waals surface area contributed by atoms with E-state index in [1.807, 2.05) is 6.08 Å². The molecule has 0 aliphatic heterocycles. The molecule has 3 nitrogen and oxygen atoms in total. The van der Waals surface area contributed by atoms with Gasteiger partial charge in [0, 0.05) is 6.04 Å². The van der Waals surface area contributed by atoms with Crippen molar-refractivity contribution in [2.45, 2.75) is 51.5 Å². The molecule has 3 heteroatoms. The van der Waals surface area contributed by atoms with Gasteiger partial charge in [-0.05, 0) is 38.0 Å². The first kappa shape index (κ1) is 14.8. The second-order valence-electron chi connectivity index (χ2n) is 4.78. The molecule has 1 amide bonds. The number of ether oxygens (including phenoxy) is 1. The van der Waals surface area contributed by atoms with Crippen LogP contribution in [0.2, 0.25) is 0 Å². The van der Waals surface area contributed by atoms with Crippen LogP contribution in [0.25, 0.3) is 0 Å². The Morgan fingerprint density at radius 2 is 2.28 bits per heavy atom. The zero-order valence-electron chi connectivity index (χ0n) is 11.4. The van der Waals surface area contributed by atoms with E-state index in [0.29, 0.717) is 12.5 Å². The van der Waals surface area contributed by atoms with Crippen LogP contribution in [0.15, 0.2) is 24.8 Å². The van der Waals surface area contributed by atoms with E-state index < -0.39 is 0 Å². The van der Waals surface area contributed by atoms with Crippen molar-refractivity contribution >= 4 is 6.09 Å². The molecule has 0 saturated heterocycles. The van der Waals surface area contributed by atoms with Crippen molar-refractivity contribution in [1.29, 1.82) is 0 Å². The summed E-state index contributed by atoms with van der Waals surface area (Å²) in [7, 11) is 0. The molecule has 2 atom stereocenters. The molecule has 1 aliphatic rings. The van der Waals surface area contributed by atoms with Crippen molar-refractivity contribution in [3.05, 3.63) is 24.8 Å². The Morgan fingerprint density at radius 3 is 2.89 bits per heavy atom. The quantitative estimate of drug-likeness (QED) is 0.526. The van der Waals surface area contributed by atoms with Crippen molar-refractivity contribution in [3.63, 3.8) is 0 Å². The van der Waals surface area contributed by atoms with Gasteiger partial charge in [0.25, 0.3) is 0 Å². The highest BCUT2D eigenvalue weighted by Crippen LogP contribution is 2.28. The van der Waals surface area contributed by atoms with Crippen LogP contribution in [0.5, 0.6) is 0 Å². The minimum atomic E-state index is -0.280. The van der Waals surface area contributed by atoms with E-state index in [1.54, 1.807) is 0 Å². The lowest BCUT2D eigenvalue weighted by molar-refractivity contribution is 0.129. The average Bonchev–Trinajstić information content (AvgIpc) is 2.36. The molecule has 0 bridgehead atoms. The smallest absolute Gasteiger partial charge is 0.407 e. The molecule has 0 heterocycles. The van der Waals surface area contributed by atoms with Gasteiger partial charge in [0.1, 0.15) is 0 Å². The maximum absolute atomic E-state index is 11.5. The van der Waals surface area contributed by atoms with E-state index >= 15 is 0 Å². The van der Waals surface area contributed by atoms with Gasteiger partial charge in [-0.2, -0.15) is 0 Å². The van der Waals surface area contributed by atoms with Crippen molar-refractivity contribution < 1.29 is 9.53 Å². The lowest BCUT2D eigenvalue weighted by Gasteiger charge is -2.34. The molecule has 0 radical (unpaired) electrons. The third kappa shape index (κ3) is 5.39. The summed E-state index contributed by atoms with van der Waals surface area (Å²) >= 11 is 0. The summed E-state index contributed by atoms with van der Waals surface area (Å²) in [5.74, 6) is 0.497. The minimum Gasteiger partial charge on any atom is -0.450 e. The Labute approximate surface area is 110 Å². The Hall–Kier alpha value is -1.25. The van der Waals surface area contributed by atoms with Gasteiger partial charge in [0.15, 0.2) is 0 Å². The summed E-state index contributed by atoms with van der Waals surface area (Å²) in [6.45, 7) is 6.27. The van der Waals surface area contributed by atoms with E-state index in [-0.39, 0.29) is 12.1 Å². The zero-order chi connectivity index (χ0) is 13.2. The van der Waals surface area contributed by atoms with Crippen molar-refractivity contribution in [2.24, 2.45) is 5.92 Å². The van der Waals surface area contributed by atoms with E-state index in [4.69, 9.17) is 4.74 Å². The van der Waals surface area contributed by atoms with Crippen LogP contribution in [0.3, 0.4) is 0 Å². The number of alkyl carbamates (subject to hydrolysis) is 1. The van der Waals surface area contributed by atoms with E-state index in [1.165, 1.54) is 12.8 Å². The van der Waals surface area contributed by atoms with Crippen LogP contribution >= 0.6 is 0 Å². The summed E-state index contributed by atoms with van der Waals surface area (Å²) in [5.41, 5.74) is 0. The Balaban J connectivity index is 2.13. The molecule has 102 valence electrons. The van der Waals surface area contributed by atoms with E-state index in [2.05, 4.69) is 31.0 Å². The van der Waals surface area contributed by atoms with Gasteiger partial charge in [-0.3, -0.25) is 0 Å². The minimum absolute atomic E-state index is 0.269. The number of unbranched alkanes of at least 4 members (excludes halogenated alkanes) is 2. The third-order valence-corrected chi connectivity index (χ3v) is 3.26. The monoisotopic (exact) mass is 251 g/mol. The van der Waals surface area contributed by atoms with Gasteiger partial charge in [-0.1, -0.05) is 31.6 Å². The summed E-state index contributed by atoms with van der Waals surface area (Å²) < 4.78 is 5.10. The van der Waals surface area contributed by atoms with Crippen LogP contribution in [0.4, 0.5) is 4.79 Å². The van der Waals surface area contributed by atoms with Crippen molar-refractivity contribution in [1.82, 2.24) is 5.32 Å². The second-order valence-corrected chi connectivity index (χ2v) is 4.78. The van der Waals surface area contributed by atoms with Gasteiger partial charge in [-0.15, -0.1) is 6.58 Å². The molecular weight excluding hydrogens is 226 g/mol. The van der Waals surface area contributed by atoms with Gasteiger partial charge in [0.2, 0.25) is 0 Å². The topological polar surface area (TPSA) is 38.3 Å². The molecule has 0 aromatic rings. The molecule has 18 heavy (non-hydrogen) atoms. The molecule has 2 unspecified atom stereocenters. The fourth-order valence-corrected chi connectivity index (χ4v) is 1.96. The van der Waals surface area contributed by atoms with Crippen LogP contribution < -0.4 is 5.32 Å². The first-order valence-corrected chi connectivity index (χ1v) is 6.98. The number of nitrogens with one attached hydrogen (secondary N) is 1. The Morgan fingerprint density at radius 1 is 1.44 bits per heavy atom. The van der Waals surface area contributed by atoms with Crippen LogP contribution in [0.1, 0.15) is 45.4 Å². The fourth-order valence-electron chi connectivity index (χ4n) is 1.96. The molecule has 0 aromatic carbocycles. The normalized spacial score (nSPS) is 22.5. The summed E-state index contributed by atoms with van der Waals surface area (Å²) in [4.78, 5) is 11.5. The predicted molar refractivity (Wildman–Crippen MR) is 74.5 cm³/mol. The highest BCUT2D eigenvalue weighted by Gasteiger charge is 2.30.